The minimum atomic E-state index is -0.186. The van der Waals surface area contributed by atoms with Gasteiger partial charge in [-0.25, -0.2) is 0 Å². The third-order valence-corrected chi connectivity index (χ3v) is 5.83. The molecule has 150 valence electrons. The molecule has 1 aliphatic heterocycles. The lowest BCUT2D eigenvalue weighted by Gasteiger charge is -2.21. The molecule has 0 saturated heterocycles. The third-order valence-electron chi connectivity index (χ3n) is 4.84. The molecule has 0 bridgehead atoms. The van der Waals surface area contributed by atoms with E-state index < -0.39 is 0 Å². The SMILES string of the molecule is C[C@@H](NC(=O)/C=C/C(=N)C1=C(NCc2ccccc2)CCSC1)c1ccccc1. The van der Waals surface area contributed by atoms with Gasteiger partial charge in [0.15, 0.2) is 0 Å². The van der Waals surface area contributed by atoms with E-state index in [2.05, 4.69) is 22.8 Å². The van der Waals surface area contributed by atoms with Gasteiger partial charge < -0.3 is 16.0 Å². The van der Waals surface area contributed by atoms with Gasteiger partial charge in [-0.15, -0.1) is 0 Å². The number of carbonyl (C=O) groups excluding carboxylic acids is 1. The summed E-state index contributed by atoms with van der Waals surface area (Å²) in [7, 11) is 0. The van der Waals surface area contributed by atoms with Crippen LogP contribution in [0.15, 0.2) is 84.1 Å². The molecule has 3 N–H and O–H groups in total. The second-order valence-electron chi connectivity index (χ2n) is 6.99. The number of hydrogen-bond donors (Lipinski definition) is 3. The van der Waals surface area contributed by atoms with Gasteiger partial charge in [0.1, 0.15) is 0 Å². The summed E-state index contributed by atoms with van der Waals surface area (Å²) in [5.41, 5.74) is 4.77. The minimum Gasteiger partial charge on any atom is -0.384 e. The highest BCUT2D eigenvalue weighted by Crippen LogP contribution is 2.23. The lowest BCUT2D eigenvalue weighted by molar-refractivity contribution is -0.117. The molecule has 3 rings (SSSR count). The van der Waals surface area contributed by atoms with Gasteiger partial charge in [-0.1, -0.05) is 60.7 Å². The molecule has 2 aromatic carbocycles. The summed E-state index contributed by atoms with van der Waals surface area (Å²) in [6.45, 7) is 2.70. The van der Waals surface area contributed by atoms with E-state index >= 15 is 0 Å². The highest BCUT2D eigenvalue weighted by atomic mass is 32.2. The van der Waals surface area contributed by atoms with Crippen molar-refractivity contribution in [3.8, 4) is 0 Å². The Morgan fingerprint density at radius 1 is 1.10 bits per heavy atom. The summed E-state index contributed by atoms with van der Waals surface area (Å²) in [5.74, 6) is 1.66. The number of amides is 1. The number of allylic oxidation sites excluding steroid dienone is 2. The molecule has 0 saturated carbocycles. The van der Waals surface area contributed by atoms with Gasteiger partial charge in [-0.05, 0) is 36.3 Å². The average molecular weight is 406 g/mol. The van der Waals surface area contributed by atoms with Crippen LogP contribution in [0.5, 0.6) is 0 Å². The van der Waals surface area contributed by atoms with Crippen LogP contribution in [0.2, 0.25) is 0 Å². The lowest BCUT2D eigenvalue weighted by atomic mass is 10.1. The molecule has 0 radical (unpaired) electrons. The van der Waals surface area contributed by atoms with Crippen LogP contribution in [0.3, 0.4) is 0 Å². The fourth-order valence-corrected chi connectivity index (χ4v) is 4.20. The molecule has 4 nitrogen and oxygen atoms in total. The number of carbonyl (C=O) groups is 1. The summed E-state index contributed by atoms with van der Waals surface area (Å²) in [6, 6.07) is 20.0. The lowest BCUT2D eigenvalue weighted by Crippen LogP contribution is -2.25. The number of nitrogens with one attached hydrogen (secondary N) is 3. The standard InChI is InChI=1S/C24H27N3OS/c1-18(20-10-6-3-7-11-20)27-24(28)13-12-22(25)21-17-29-15-14-23(21)26-16-19-8-4-2-5-9-19/h2-13,18,25-26H,14-17H2,1H3,(H,27,28)/b13-12+,25-22?/t18-/m1/s1. The zero-order valence-electron chi connectivity index (χ0n) is 16.7. The predicted molar refractivity (Wildman–Crippen MR) is 122 cm³/mol. The summed E-state index contributed by atoms with van der Waals surface area (Å²) in [6.07, 6.45) is 3.99. The fourth-order valence-electron chi connectivity index (χ4n) is 3.17. The second-order valence-corrected chi connectivity index (χ2v) is 8.09. The summed E-state index contributed by atoms with van der Waals surface area (Å²) in [4.78, 5) is 12.3. The minimum absolute atomic E-state index is 0.0740. The van der Waals surface area contributed by atoms with Gasteiger partial charge in [0.25, 0.3) is 0 Å². The summed E-state index contributed by atoms with van der Waals surface area (Å²) >= 11 is 1.83. The first-order valence-corrected chi connectivity index (χ1v) is 11.0. The van der Waals surface area contributed by atoms with Crippen LogP contribution in [0.4, 0.5) is 0 Å². The molecule has 1 amide bonds. The smallest absolute Gasteiger partial charge is 0.244 e. The molecule has 0 spiro atoms. The van der Waals surface area contributed by atoms with E-state index in [1.165, 1.54) is 11.6 Å². The zero-order valence-corrected chi connectivity index (χ0v) is 17.5. The Labute approximate surface area is 177 Å². The van der Waals surface area contributed by atoms with Gasteiger partial charge in [-0.3, -0.25) is 4.79 Å². The Bertz CT molecular complexity index is 891. The maximum absolute atomic E-state index is 12.3. The molecule has 0 aliphatic carbocycles. The Hall–Kier alpha value is -2.79. The molecule has 1 atom stereocenters. The van der Waals surface area contributed by atoms with Crippen LogP contribution in [0, 0.1) is 5.41 Å². The monoisotopic (exact) mass is 405 g/mol. The summed E-state index contributed by atoms with van der Waals surface area (Å²) < 4.78 is 0. The molecule has 29 heavy (non-hydrogen) atoms. The van der Waals surface area contributed by atoms with E-state index in [9.17, 15) is 4.79 Å². The van der Waals surface area contributed by atoms with Crippen LogP contribution in [-0.2, 0) is 11.3 Å². The maximum Gasteiger partial charge on any atom is 0.244 e. The number of thioether (sulfide) groups is 1. The normalized spacial score (nSPS) is 15.2. The fraction of sp³-hybridized carbons (Fsp3) is 0.250. The molecule has 5 heteroatoms. The second kappa shape index (κ2) is 10.7. The highest BCUT2D eigenvalue weighted by Gasteiger charge is 2.16. The van der Waals surface area contributed by atoms with Crippen molar-refractivity contribution in [3.05, 3.63) is 95.2 Å². The zero-order chi connectivity index (χ0) is 20.5. The van der Waals surface area contributed by atoms with Gasteiger partial charge in [0, 0.05) is 29.6 Å². The largest absolute Gasteiger partial charge is 0.384 e. The third kappa shape index (κ3) is 6.36. The van der Waals surface area contributed by atoms with E-state index in [1.807, 2.05) is 67.2 Å². The van der Waals surface area contributed by atoms with E-state index in [1.54, 1.807) is 6.08 Å². The topological polar surface area (TPSA) is 65.0 Å². The van der Waals surface area contributed by atoms with Crippen molar-refractivity contribution in [1.29, 1.82) is 5.41 Å². The predicted octanol–water partition coefficient (Wildman–Crippen LogP) is 4.62. The van der Waals surface area contributed by atoms with E-state index in [-0.39, 0.29) is 11.9 Å². The highest BCUT2D eigenvalue weighted by molar-refractivity contribution is 7.99. The van der Waals surface area contributed by atoms with Crippen molar-refractivity contribution in [2.45, 2.75) is 25.9 Å². The molecule has 0 unspecified atom stereocenters. The molecular weight excluding hydrogens is 378 g/mol. The average Bonchev–Trinajstić information content (AvgIpc) is 2.77. The maximum atomic E-state index is 12.3. The number of rotatable bonds is 8. The van der Waals surface area contributed by atoms with Crippen molar-refractivity contribution in [2.75, 3.05) is 11.5 Å². The number of benzene rings is 2. The Kier molecular flexibility index (Phi) is 7.70. The molecule has 0 aromatic heterocycles. The molecular formula is C24H27N3OS. The Morgan fingerprint density at radius 3 is 2.52 bits per heavy atom. The van der Waals surface area contributed by atoms with E-state index in [4.69, 9.17) is 5.41 Å². The molecule has 2 aromatic rings. The van der Waals surface area contributed by atoms with Crippen LogP contribution in [0.1, 0.15) is 30.5 Å². The molecule has 0 fully saturated rings. The van der Waals surface area contributed by atoms with Crippen molar-refractivity contribution >= 4 is 23.4 Å². The first-order chi connectivity index (χ1) is 14.1. The van der Waals surface area contributed by atoms with Crippen molar-refractivity contribution in [1.82, 2.24) is 10.6 Å². The van der Waals surface area contributed by atoms with Crippen LogP contribution >= 0.6 is 11.8 Å². The van der Waals surface area contributed by atoms with Crippen molar-refractivity contribution < 1.29 is 4.79 Å². The first kappa shape index (κ1) is 20.9. The quantitative estimate of drug-likeness (QED) is 0.443. The van der Waals surface area contributed by atoms with Crippen LogP contribution < -0.4 is 10.6 Å². The van der Waals surface area contributed by atoms with Crippen molar-refractivity contribution in [3.63, 3.8) is 0 Å². The molecule has 1 aliphatic rings. The van der Waals surface area contributed by atoms with Crippen molar-refractivity contribution in [2.24, 2.45) is 0 Å². The Morgan fingerprint density at radius 2 is 1.79 bits per heavy atom. The van der Waals surface area contributed by atoms with Crippen LogP contribution in [-0.4, -0.2) is 23.1 Å². The summed E-state index contributed by atoms with van der Waals surface area (Å²) in [5, 5.41) is 14.9. The van der Waals surface area contributed by atoms with Gasteiger partial charge >= 0.3 is 0 Å². The van der Waals surface area contributed by atoms with E-state index in [0.29, 0.717) is 5.71 Å². The van der Waals surface area contributed by atoms with E-state index in [0.717, 1.165) is 41.3 Å². The van der Waals surface area contributed by atoms with Gasteiger partial charge in [0.05, 0.1) is 11.8 Å². The Balaban J connectivity index is 1.60. The molecule has 1 heterocycles. The number of hydrogen-bond acceptors (Lipinski definition) is 4. The van der Waals surface area contributed by atoms with Crippen LogP contribution in [0.25, 0.3) is 0 Å². The first-order valence-electron chi connectivity index (χ1n) is 9.83. The van der Waals surface area contributed by atoms with Gasteiger partial charge in [0.2, 0.25) is 5.91 Å². The van der Waals surface area contributed by atoms with Gasteiger partial charge in [-0.2, -0.15) is 11.8 Å².